The second-order valence-corrected chi connectivity index (χ2v) is 7.29. The van der Waals surface area contributed by atoms with Gasteiger partial charge in [-0.15, -0.1) is 0 Å². The first kappa shape index (κ1) is 15.8. The number of nitrogens with zero attached hydrogens (tertiary/aromatic N) is 1. The molecule has 0 aromatic rings. The van der Waals surface area contributed by atoms with E-state index >= 15 is 0 Å². The topological polar surface area (TPSA) is 41.6 Å². The first-order valence-electron chi connectivity index (χ1n) is 8.06. The number of amides is 1. The standard InChI is InChI=1S/C16H30N2O2/c1-13-10-14(12-16(2,3)11-13)20-9-4-15(19)18-7-5-17-6-8-18/h13-14,17H,4-12H2,1-3H3. The summed E-state index contributed by atoms with van der Waals surface area (Å²) in [4.78, 5) is 14.0. The summed E-state index contributed by atoms with van der Waals surface area (Å²) >= 11 is 0. The molecule has 1 heterocycles. The lowest BCUT2D eigenvalue weighted by Crippen LogP contribution is -2.46. The summed E-state index contributed by atoms with van der Waals surface area (Å²) in [5.74, 6) is 0.974. The smallest absolute Gasteiger partial charge is 0.224 e. The van der Waals surface area contributed by atoms with Crippen LogP contribution in [0, 0.1) is 11.3 Å². The van der Waals surface area contributed by atoms with E-state index in [9.17, 15) is 4.79 Å². The zero-order valence-corrected chi connectivity index (χ0v) is 13.3. The molecule has 0 bridgehead atoms. The number of carbonyl (C=O) groups excluding carboxylic acids is 1. The van der Waals surface area contributed by atoms with Crippen LogP contribution in [-0.4, -0.2) is 49.7 Å². The van der Waals surface area contributed by atoms with Crippen molar-refractivity contribution in [2.24, 2.45) is 11.3 Å². The minimum absolute atomic E-state index is 0.245. The lowest BCUT2D eigenvalue weighted by molar-refractivity contribution is -0.133. The van der Waals surface area contributed by atoms with E-state index in [1.165, 1.54) is 6.42 Å². The number of ether oxygens (including phenoxy) is 1. The van der Waals surface area contributed by atoms with Gasteiger partial charge < -0.3 is 15.0 Å². The molecule has 2 aliphatic rings. The predicted octanol–water partition coefficient (Wildman–Crippen LogP) is 2.04. The Hall–Kier alpha value is -0.610. The minimum atomic E-state index is 0.245. The summed E-state index contributed by atoms with van der Waals surface area (Å²) in [6.45, 7) is 11.1. The molecule has 20 heavy (non-hydrogen) atoms. The zero-order valence-electron chi connectivity index (χ0n) is 13.3. The number of nitrogens with one attached hydrogen (secondary N) is 1. The Labute approximate surface area is 123 Å². The van der Waals surface area contributed by atoms with Crippen molar-refractivity contribution in [3.05, 3.63) is 0 Å². The van der Waals surface area contributed by atoms with E-state index in [2.05, 4.69) is 26.1 Å². The fraction of sp³-hybridized carbons (Fsp3) is 0.938. The molecule has 1 saturated heterocycles. The Morgan fingerprint density at radius 3 is 2.65 bits per heavy atom. The van der Waals surface area contributed by atoms with Crippen molar-refractivity contribution in [3.8, 4) is 0 Å². The number of hydrogen-bond donors (Lipinski definition) is 1. The number of rotatable bonds is 4. The molecule has 4 heteroatoms. The van der Waals surface area contributed by atoms with Gasteiger partial charge >= 0.3 is 0 Å². The number of carbonyl (C=O) groups is 1. The third-order valence-corrected chi connectivity index (χ3v) is 4.49. The molecule has 0 aromatic carbocycles. The molecule has 1 amide bonds. The normalized spacial score (nSPS) is 30.2. The van der Waals surface area contributed by atoms with Crippen LogP contribution < -0.4 is 5.32 Å². The molecule has 0 spiro atoms. The average molecular weight is 282 g/mol. The monoisotopic (exact) mass is 282 g/mol. The molecule has 2 fully saturated rings. The molecule has 0 radical (unpaired) electrons. The van der Waals surface area contributed by atoms with E-state index in [0.717, 1.165) is 44.9 Å². The van der Waals surface area contributed by atoms with E-state index in [-0.39, 0.29) is 5.91 Å². The molecule has 4 nitrogen and oxygen atoms in total. The van der Waals surface area contributed by atoms with Gasteiger partial charge in [-0.3, -0.25) is 4.79 Å². The highest BCUT2D eigenvalue weighted by atomic mass is 16.5. The maximum atomic E-state index is 12.0. The van der Waals surface area contributed by atoms with Gasteiger partial charge in [0.15, 0.2) is 0 Å². The third kappa shape index (κ3) is 4.74. The predicted molar refractivity (Wildman–Crippen MR) is 80.6 cm³/mol. The third-order valence-electron chi connectivity index (χ3n) is 4.49. The first-order chi connectivity index (χ1) is 9.46. The quantitative estimate of drug-likeness (QED) is 0.858. The molecular weight excluding hydrogens is 252 g/mol. The highest BCUT2D eigenvalue weighted by Crippen LogP contribution is 2.39. The maximum Gasteiger partial charge on any atom is 0.224 e. The van der Waals surface area contributed by atoms with Gasteiger partial charge in [-0.2, -0.15) is 0 Å². The zero-order chi connectivity index (χ0) is 14.6. The number of piperazine rings is 1. The van der Waals surface area contributed by atoms with Crippen LogP contribution >= 0.6 is 0 Å². The molecule has 1 N–H and O–H groups in total. The molecule has 0 aromatic heterocycles. The van der Waals surface area contributed by atoms with Crippen LogP contribution in [0.2, 0.25) is 0 Å². The van der Waals surface area contributed by atoms with Crippen molar-refractivity contribution in [2.75, 3.05) is 32.8 Å². The Bertz CT molecular complexity index is 324. The van der Waals surface area contributed by atoms with Crippen LogP contribution in [0.3, 0.4) is 0 Å². The van der Waals surface area contributed by atoms with Gasteiger partial charge in [0.25, 0.3) is 0 Å². The summed E-state index contributed by atoms with van der Waals surface area (Å²) in [5, 5.41) is 3.27. The summed E-state index contributed by atoms with van der Waals surface area (Å²) in [6, 6.07) is 0. The van der Waals surface area contributed by atoms with E-state index in [0.29, 0.717) is 24.5 Å². The molecule has 1 aliphatic carbocycles. The van der Waals surface area contributed by atoms with Crippen molar-refractivity contribution in [1.82, 2.24) is 10.2 Å². The molecule has 2 rings (SSSR count). The van der Waals surface area contributed by atoms with Gasteiger partial charge in [0.05, 0.1) is 19.1 Å². The Balaban J connectivity index is 1.68. The fourth-order valence-electron chi connectivity index (χ4n) is 3.77. The maximum absolute atomic E-state index is 12.0. The van der Waals surface area contributed by atoms with Gasteiger partial charge in [0.2, 0.25) is 5.91 Å². The van der Waals surface area contributed by atoms with Crippen LogP contribution in [-0.2, 0) is 9.53 Å². The van der Waals surface area contributed by atoms with Crippen LogP contribution in [0.15, 0.2) is 0 Å². The van der Waals surface area contributed by atoms with E-state index in [1.54, 1.807) is 0 Å². The van der Waals surface area contributed by atoms with Crippen molar-refractivity contribution in [1.29, 1.82) is 0 Å². The molecule has 1 saturated carbocycles. The minimum Gasteiger partial charge on any atom is -0.378 e. The van der Waals surface area contributed by atoms with Crippen LogP contribution in [0.4, 0.5) is 0 Å². The van der Waals surface area contributed by atoms with Gasteiger partial charge in [-0.1, -0.05) is 20.8 Å². The highest BCUT2D eigenvalue weighted by molar-refractivity contribution is 5.76. The van der Waals surface area contributed by atoms with Crippen molar-refractivity contribution in [3.63, 3.8) is 0 Å². The van der Waals surface area contributed by atoms with Crippen molar-refractivity contribution < 1.29 is 9.53 Å². The van der Waals surface area contributed by atoms with Gasteiger partial charge in [-0.25, -0.2) is 0 Å². The van der Waals surface area contributed by atoms with E-state index in [1.807, 2.05) is 4.90 Å². The molecular formula is C16H30N2O2. The molecule has 116 valence electrons. The first-order valence-corrected chi connectivity index (χ1v) is 8.06. The summed E-state index contributed by atoms with van der Waals surface area (Å²) in [5.41, 5.74) is 0.380. The summed E-state index contributed by atoms with van der Waals surface area (Å²) in [7, 11) is 0. The summed E-state index contributed by atoms with van der Waals surface area (Å²) in [6.07, 6.45) is 4.42. The lowest BCUT2D eigenvalue weighted by Gasteiger charge is -2.38. The van der Waals surface area contributed by atoms with Gasteiger partial charge in [-0.05, 0) is 30.6 Å². The molecule has 2 unspecified atom stereocenters. The average Bonchev–Trinajstić information content (AvgIpc) is 2.37. The molecule has 2 atom stereocenters. The second-order valence-electron chi connectivity index (χ2n) is 7.29. The lowest BCUT2D eigenvalue weighted by atomic mass is 9.71. The summed E-state index contributed by atoms with van der Waals surface area (Å²) < 4.78 is 5.99. The Morgan fingerprint density at radius 2 is 2.00 bits per heavy atom. The van der Waals surface area contributed by atoms with E-state index in [4.69, 9.17) is 4.74 Å². The van der Waals surface area contributed by atoms with Gasteiger partial charge in [0.1, 0.15) is 0 Å². The van der Waals surface area contributed by atoms with Crippen LogP contribution in [0.25, 0.3) is 0 Å². The molecule has 1 aliphatic heterocycles. The Morgan fingerprint density at radius 1 is 1.30 bits per heavy atom. The second kappa shape index (κ2) is 6.90. The number of hydrogen-bond acceptors (Lipinski definition) is 3. The SMILES string of the molecule is CC1CC(OCCC(=O)N2CCNCC2)CC(C)(C)C1. The van der Waals surface area contributed by atoms with E-state index < -0.39 is 0 Å². The van der Waals surface area contributed by atoms with Crippen LogP contribution in [0.1, 0.15) is 46.5 Å². The Kier molecular flexibility index (Phi) is 5.44. The van der Waals surface area contributed by atoms with Crippen molar-refractivity contribution >= 4 is 5.91 Å². The fourth-order valence-corrected chi connectivity index (χ4v) is 3.77. The largest absolute Gasteiger partial charge is 0.378 e. The van der Waals surface area contributed by atoms with Crippen LogP contribution in [0.5, 0.6) is 0 Å². The highest BCUT2D eigenvalue weighted by Gasteiger charge is 2.32. The van der Waals surface area contributed by atoms with Crippen molar-refractivity contribution in [2.45, 2.75) is 52.6 Å². The van der Waals surface area contributed by atoms with Gasteiger partial charge in [0, 0.05) is 26.2 Å².